The van der Waals surface area contributed by atoms with Gasteiger partial charge in [0.25, 0.3) is 5.91 Å². The van der Waals surface area contributed by atoms with Gasteiger partial charge < -0.3 is 31.2 Å². The van der Waals surface area contributed by atoms with Crippen LogP contribution < -0.4 is 21.3 Å². The van der Waals surface area contributed by atoms with Gasteiger partial charge in [0.1, 0.15) is 17.7 Å². The number of pyridine rings is 1. The van der Waals surface area contributed by atoms with Crippen LogP contribution in [0.1, 0.15) is 30.0 Å². The number of imidazole rings is 1. The maximum atomic E-state index is 13.4. The lowest BCUT2D eigenvalue weighted by atomic mass is 10.1. The number of H-pyrrole nitrogens is 2. The second-order valence-corrected chi connectivity index (χ2v) is 9.40. The monoisotopic (exact) mass is 524 g/mol. The third-order valence-corrected chi connectivity index (χ3v) is 6.65. The zero-order valence-corrected chi connectivity index (χ0v) is 22.2. The lowest BCUT2D eigenvalue weighted by Crippen LogP contribution is -2.52. The summed E-state index contributed by atoms with van der Waals surface area (Å²) in [6, 6.07) is 18.3. The van der Waals surface area contributed by atoms with Gasteiger partial charge in [-0.05, 0) is 63.2 Å². The molecule has 3 aromatic heterocycles. The predicted molar refractivity (Wildman–Crippen MR) is 155 cm³/mol. The summed E-state index contributed by atoms with van der Waals surface area (Å²) in [6.45, 7) is 7.26. The first-order chi connectivity index (χ1) is 18.9. The van der Waals surface area contributed by atoms with Crippen molar-refractivity contribution in [1.29, 1.82) is 0 Å². The topological polar surface area (TPSA) is 145 Å². The minimum atomic E-state index is -0.730. The Bertz CT molecular complexity index is 1640. The van der Waals surface area contributed by atoms with Crippen LogP contribution in [0.2, 0.25) is 0 Å². The van der Waals surface area contributed by atoms with Crippen LogP contribution >= 0.6 is 0 Å². The molecule has 0 saturated heterocycles. The van der Waals surface area contributed by atoms with E-state index in [4.69, 9.17) is 5.73 Å². The van der Waals surface area contributed by atoms with Crippen molar-refractivity contribution in [2.45, 2.75) is 26.8 Å². The largest absolute Gasteiger partial charge is 0.384 e. The highest BCUT2D eigenvalue weighted by Gasteiger charge is 2.24. The molecule has 6 N–H and O–H groups in total. The number of aromatic nitrogens is 4. The van der Waals surface area contributed by atoms with Crippen LogP contribution in [0.3, 0.4) is 0 Å². The van der Waals surface area contributed by atoms with Gasteiger partial charge in [-0.1, -0.05) is 18.2 Å². The number of nitrogens with one attached hydrogen (secondary N) is 4. The summed E-state index contributed by atoms with van der Waals surface area (Å²) >= 11 is 0. The maximum Gasteiger partial charge on any atom is 0.252 e. The molecule has 10 nitrogen and oxygen atoms in total. The lowest BCUT2D eigenvalue weighted by molar-refractivity contribution is -0.122. The van der Waals surface area contributed by atoms with Crippen LogP contribution in [0.25, 0.3) is 33.3 Å². The number of para-hydroxylation sites is 1. The second kappa shape index (κ2) is 10.9. The molecule has 10 heteroatoms. The highest BCUT2D eigenvalue weighted by molar-refractivity contribution is 6.02. The van der Waals surface area contributed by atoms with E-state index >= 15 is 0 Å². The number of rotatable bonds is 9. The molecular formula is C29H32N8O2. The average molecular weight is 525 g/mol. The number of carbonyl (C=O) groups is 2. The first-order valence-electron chi connectivity index (χ1n) is 13.0. The number of aryl methyl sites for hydroxylation is 1. The molecule has 0 radical (unpaired) electrons. The molecule has 39 heavy (non-hydrogen) atoms. The van der Waals surface area contributed by atoms with Gasteiger partial charge in [0.15, 0.2) is 5.65 Å². The molecule has 0 saturated carbocycles. The Morgan fingerprint density at radius 3 is 2.56 bits per heavy atom. The number of aromatic amines is 2. The number of hydrogen-bond acceptors (Lipinski definition) is 6. The molecule has 3 heterocycles. The molecule has 0 aliphatic carbocycles. The van der Waals surface area contributed by atoms with E-state index in [1.54, 1.807) is 12.1 Å². The molecule has 0 aliphatic rings. The molecule has 0 bridgehead atoms. The fourth-order valence-corrected chi connectivity index (χ4v) is 4.76. The smallest absolute Gasteiger partial charge is 0.252 e. The minimum absolute atomic E-state index is 0.223. The number of fused-ring (bicyclic) bond motifs is 2. The average Bonchev–Trinajstić information content (AvgIpc) is 3.53. The summed E-state index contributed by atoms with van der Waals surface area (Å²) in [5, 5.41) is 6.65. The Kier molecular flexibility index (Phi) is 7.18. The van der Waals surface area contributed by atoms with E-state index in [-0.39, 0.29) is 11.8 Å². The normalized spacial score (nSPS) is 12.0. The molecule has 0 fully saturated rings. The Labute approximate surface area is 226 Å². The van der Waals surface area contributed by atoms with E-state index < -0.39 is 6.04 Å². The zero-order valence-electron chi connectivity index (χ0n) is 22.2. The number of amides is 2. The minimum Gasteiger partial charge on any atom is -0.384 e. The number of benzene rings is 2. The van der Waals surface area contributed by atoms with Gasteiger partial charge in [-0.3, -0.25) is 9.59 Å². The summed E-state index contributed by atoms with van der Waals surface area (Å²) in [5.41, 5.74) is 11.4. The van der Waals surface area contributed by atoms with E-state index in [2.05, 4.69) is 35.5 Å². The Morgan fingerprint density at radius 1 is 1.03 bits per heavy atom. The maximum absolute atomic E-state index is 13.4. The van der Waals surface area contributed by atoms with Crippen LogP contribution in [0.5, 0.6) is 0 Å². The standard InChI is InChI=1S/C29H32N8O2/c1-4-31-29(39)24(16-37(5-2)20-9-7-6-8-10-20)35-28(38)18-11-12-22-19(13-18)14-23(34-22)21-15-25(30)36-27-26(21)32-17(3)33-27/h6-15,24,34H,4-5,16H2,1-3H3,(H,31,39)(H,35,38)(H3,30,32,33,36)/t24-/m0/s1. The van der Waals surface area contributed by atoms with Crippen molar-refractivity contribution in [3.8, 4) is 11.3 Å². The van der Waals surface area contributed by atoms with Crippen LogP contribution in [-0.2, 0) is 4.79 Å². The Morgan fingerprint density at radius 2 is 1.82 bits per heavy atom. The van der Waals surface area contributed by atoms with Crippen LogP contribution in [0.4, 0.5) is 11.5 Å². The van der Waals surface area contributed by atoms with Gasteiger partial charge in [0.2, 0.25) is 5.91 Å². The van der Waals surface area contributed by atoms with Crippen molar-refractivity contribution >= 4 is 45.4 Å². The van der Waals surface area contributed by atoms with Crippen LogP contribution in [0.15, 0.2) is 60.7 Å². The highest BCUT2D eigenvalue weighted by atomic mass is 16.2. The molecule has 5 rings (SSSR count). The van der Waals surface area contributed by atoms with Crippen LogP contribution in [0, 0.1) is 6.92 Å². The quantitative estimate of drug-likeness (QED) is 0.199. The van der Waals surface area contributed by atoms with Crippen molar-refractivity contribution < 1.29 is 9.59 Å². The van der Waals surface area contributed by atoms with Gasteiger partial charge in [0.05, 0.1) is 5.52 Å². The number of anilines is 2. The van der Waals surface area contributed by atoms with Crippen molar-refractivity contribution in [2.75, 3.05) is 30.3 Å². The van der Waals surface area contributed by atoms with Gasteiger partial charge in [-0.25, -0.2) is 9.97 Å². The highest BCUT2D eigenvalue weighted by Crippen LogP contribution is 2.30. The number of carbonyl (C=O) groups excluding carboxylic acids is 2. The van der Waals surface area contributed by atoms with E-state index in [0.29, 0.717) is 36.7 Å². The molecule has 0 spiro atoms. The SMILES string of the molecule is CCNC(=O)[C@H](CN(CC)c1ccccc1)NC(=O)c1ccc2[nH]c(-c3cc(N)nc4nc(C)[nH]c34)cc2c1. The summed E-state index contributed by atoms with van der Waals surface area (Å²) in [6.07, 6.45) is 0. The third kappa shape index (κ3) is 5.40. The molecular weight excluding hydrogens is 492 g/mol. The molecule has 2 aromatic carbocycles. The molecule has 2 amide bonds. The third-order valence-electron chi connectivity index (χ3n) is 6.65. The van der Waals surface area contributed by atoms with Crippen molar-refractivity contribution in [3.05, 3.63) is 72.1 Å². The molecule has 1 atom stereocenters. The zero-order chi connectivity index (χ0) is 27.5. The molecule has 0 unspecified atom stereocenters. The molecule has 200 valence electrons. The molecule has 5 aromatic rings. The number of nitrogens with two attached hydrogens (primary N) is 1. The Balaban J connectivity index is 1.41. The summed E-state index contributed by atoms with van der Waals surface area (Å²) in [7, 11) is 0. The number of nitrogens with zero attached hydrogens (tertiary/aromatic N) is 3. The number of nitrogen functional groups attached to an aromatic ring is 1. The van der Waals surface area contributed by atoms with E-state index in [9.17, 15) is 9.59 Å². The van der Waals surface area contributed by atoms with Gasteiger partial charge >= 0.3 is 0 Å². The van der Waals surface area contributed by atoms with Crippen molar-refractivity contribution in [2.24, 2.45) is 0 Å². The summed E-state index contributed by atoms with van der Waals surface area (Å²) in [4.78, 5) is 43.7. The second-order valence-electron chi connectivity index (χ2n) is 9.40. The first-order valence-corrected chi connectivity index (χ1v) is 13.0. The number of likely N-dealkylation sites (N-methyl/N-ethyl adjacent to an activating group) is 2. The first kappa shape index (κ1) is 25.8. The van der Waals surface area contributed by atoms with E-state index in [1.165, 1.54) is 0 Å². The predicted octanol–water partition coefficient (Wildman–Crippen LogP) is 3.76. The molecule has 0 aliphatic heterocycles. The van der Waals surface area contributed by atoms with Gasteiger partial charge in [-0.15, -0.1) is 0 Å². The van der Waals surface area contributed by atoms with Crippen molar-refractivity contribution in [1.82, 2.24) is 30.6 Å². The van der Waals surface area contributed by atoms with Crippen LogP contribution in [-0.4, -0.2) is 57.4 Å². The fourth-order valence-electron chi connectivity index (χ4n) is 4.76. The number of hydrogen-bond donors (Lipinski definition) is 5. The van der Waals surface area contributed by atoms with Gasteiger partial charge in [-0.2, -0.15) is 0 Å². The van der Waals surface area contributed by atoms with Crippen molar-refractivity contribution in [3.63, 3.8) is 0 Å². The van der Waals surface area contributed by atoms with Gasteiger partial charge in [0, 0.05) is 53.0 Å². The Hall–Kier alpha value is -4.86. The fraction of sp³-hybridized carbons (Fsp3) is 0.241. The lowest BCUT2D eigenvalue weighted by Gasteiger charge is -2.28. The van der Waals surface area contributed by atoms with E-state index in [0.717, 1.165) is 39.2 Å². The summed E-state index contributed by atoms with van der Waals surface area (Å²) < 4.78 is 0. The van der Waals surface area contributed by atoms with E-state index in [1.807, 2.05) is 69.3 Å². The summed E-state index contributed by atoms with van der Waals surface area (Å²) in [5.74, 6) is 0.574.